The first-order valence-corrected chi connectivity index (χ1v) is 8.62. The Bertz CT molecular complexity index is 919. The van der Waals surface area contributed by atoms with E-state index >= 15 is 0 Å². The zero-order valence-electron chi connectivity index (χ0n) is 14.8. The lowest BCUT2D eigenvalue weighted by Gasteiger charge is -2.30. The number of hydrogen-bond donors (Lipinski definition) is 2. The van der Waals surface area contributed by atoms with Gasteiger partial charge in [0.05, 0.1) is 12.2 Å². The van der Waals surface area contributed by atoms with Gasteiger partial charge in [0.15, 0.2) is 11.8 Å². The Morgan fingerprint density at radius 3 is 2.89 bits per heavy atom. The SMILES string of the molecule is Nc1ccn([C@@H]2O[C@@]3(COC(=O)c4ccccc4)COCO[C@@H]2[C@@H]3O)c(=O)n1. The average molecular weight is 389 g/mol. The molecule has 3 N–H and O–H groups in total. The molecule has 2 aliphatic rings. The first-order chi connectivity index (χ1) is 13.5. The highest BCUT2D eigenvalue weighted by atomic mass is 16.7. The number of ether oxygens (including phenoxy) is 4. The molecule has 0 saturated carbocycles. The van der Waals surface area contributed by atoms with Crippen LogP contribution in [0.1, 0.15) is 16.6 Å². The largest absolute Gasteiger partial charge is 0.459 e. The number of hydrogen-bond acceptors (Lipinski definition) is 9. The maximum atomic E-state index is 12.3. The van der Waals surface area contributed by atoms with E-state index < -0.39 is 35.7 Å². The second-order valence-electron chi connectivity index (χ2n) is 6.60. The lowest BCUT2D eigenvalue weighted by molar-refractivity contribution is -0.199. The molecular formula is C18H19N3O7. The summed E-state index contributed by atoms with van der Waals surface area (Å²) in [7, 11) is 0. The Hall–Kier alpha value is -2.79. The summed E-state index contributed by atoms with van der Waals surface area (Å²) in [5.74, 6) is -0.502. The number of rotatable bonds is 4. The predicted molar refractivity (Wildman–Crippen MR) is 94.2 cm³/mol. The van der Waals surface area contributed by atoms with E-state index in [2.05, 4.69) is 4.98 Å². The Kier molecular flexibility index (Phi) is 4.85. The van der Waals surface area contributed by atoms with Crippen LogP contribution in [0.3, 0.4) is 0 Å². The van der Waals surface area contributed by atoms with Gasteiger partial charge in [0.2, 0.25) is 0 Å². The first-order valence-electron chi connectivity index (χ1n) is 8.62. The number of nitrogens with two attached hydrogens (primary N) is 1. The van der Waals surface area contributed by atoms with Gasteiger partial charge in [0.1, 0.15) is 31.4 Å². The molecule has 0 spiro atoms. The summed E-state index contributed by atoms with van der Waals surface area (Å²) in [6.07, 6.45) is -1.68. The monoisotopic (exact) mass is 389 g/mol. The number of aliphatic hydroxyl groups excluding tert-OH is 1. The van der Waals surface area contributed by atoms with Crippen LogP contribution >= 0.6 is 0 Å². The summed E-state index contributed by atoms with van der Waals surface area (Å²) < 4.78 is 23.4. The van der Waals surface area contributed by atoms with Crippen molar-refractivity contribution >= 4 is 11.8 Å². The fourth-order valence-corrected chi connectivity index (χ4v) is 3.31. The minimum absolute atomic E-state index is 0.0655. The van der Waals surface area contributed by atoms with E-state index in [1.165, 1.54) is 16.8 Å². The quantitative estimate of drug-likeness (QED) is 0.675. The molecule has 28 heavy (non-hydrogen) atoms. The van der Waals surface area contributed by atoms with Gasteiger partial charge >= 0.3 is 11.7 Å². The average Bonchev–Trinajstić information content (AvgIpc) is 2.84. The number of nitrogen functional groups attached to an aromatic ring is 1. The zero-order chi connectivity index (χ0) is 19.7. The minimum atomic E-state index is -1.39. The molecule has 4 atom stereocenters. The van der Waals surface area contributed by atoms with Crippen molar-refractivity contribution in [1.29, 1.82) is 0 Å². The van der Waals surface area contributed by atoms with Crippen LogP contribution in [0, 0.1) is 0 Å². The van der Waals surface area contributed by atoms with Crippen molar-refractivity contribution in [3.63, 3.8) is 0 Å². The number of aromatic nitrogens is 2. The van der Waals surface area contributed by atoms with Crippen LogP contribution in [0.5, 0.6) is 0 Å². The van der Waals surface area contributed by atoms with Gasteiger partial charge in [-0.3, -0.25) is 4.57 Å². The van der Waals surface area contributed by atoms with Crippen molar-refractivity contribution in [1.82, 2.24) is 9.55 Å². The number of carbonyl (C=O) groups excluding carboxylic acids is 1. The Balaban J connectivity index is 1.58. The molecule has 10 heteroatoms. The molecule has 0 aliphatic carbocycles. The maximum absolute atomic E-state index is 12.3. The molecule has 2 aliphatic heterocycles. The highest BCUT2D eigenvalue weighted by Crippen LogP contribution is 2.40. The van der Waals surface area contributed by atoms with Crippen LogP contribution in [0.15, 0.2) is 47.4 Å². The molecule has 0 unspecified atom stereocenters. The van der Waals surface area contributed by atoms with Crippen molar-refractivity contribution in [2.45, 2.75) is 24.0 Å². The van der Waals surface area contributed by atoms with E-state index in [-0.39, 0.29) is 25.8 Å². The van der Waals surface area contributed by atoms with Gasteiger partial charge in [-0.1, -0.05) is 18.2 Å². The zero-order valence-corrected chi connectivity index (χ0v) is 14.8. The molecule has 2 saturated heterocycles. The van der Waals surface area contributed by atoms with Gasteiger partial charge in [-0.25, -0.2) is 9.59 Å². The normalized spacial score (nSPS) is 29.2. The number of aliphatic hydroxyl groups is 1. The van der Waals surface area contributed by atoms with E-state index in [0.29, 0.717) is 5.56 Å². The molecule has 2 aromatic rings. The number of benzene rings is 1. The standard InChI is InChI=1S/C18H19N3O7/c19-12-6-7-21(17(24)20-12)15-13-14(22)18(28-15,8-25-10-27-13)9-26-16(23)11-4-2-1-3-5-11/h1-7,13-15,22H,8-10H2,(H2,19,20,24)/t13-,14+,15-,18-/m1/s1. The van der Waals surface area contributed by atoms with Crippen molar-refractivity contribution in [2.75, 3.05) is 25.7 Å². The summed E-state index contributed by atoms with van der Waals surface area (Å²) in [5, 5.41) is 10.8. The molecule has 1 aromatic heterocycles. The summed E-state index contributed by atoms with van der Waals surface area (Å²) in [6.45, 7) is -0.469. The summed E-state index contributed by atoms with van der Waals surface area (Å²) in [5.41, 5.74) is 3.85. The third kappa shape index (κ3) is 3.27. The highest BCUT2D eigenvalue weighted by Gasteiger charge is 2.58. The lowest BCUT2D eigenvalue weighted by atomic mass is 9.97. The van der Waals surface area contributed by atoms with Crippen molar-refractivity contribution < 1.29 is 28.8 Å². The van der Waals surface area contributed by atoms with Gasteiger partial charge in [-0.05, 0) is 18.2 Å². The number of esters is 1. The molecule has 10 nitrogen and oxygen atoms in total. The fourth-order valence-electron chi connectivity index (χ4n) is 3.31. The van der Waals surface area contributed by atoms with Crippen LogP contribution in [-0.4, -0.2) is 58.4 Å². The first kappa shape index (κ1) is 18.6. The van der Waals surface area contributed by atoms with Gasteiger partial charge < -0.3 is 29.8 Å². The van der Waals surface area contributed by atoms with Crippen molar-refractivity contribution in [3.8, 4) is 0 Å². The van der Waals surface area contributed by atoms with Gasteiger partial charge in [0, 0.05) is 6.20 Å². The molecule has 0 radical (unpaired) electrons. The molecule has 2 bridgehead atoms. The van der Waals surface area contributed by atoms with Crippen LogP contribution in [0.25, 0.3) is 0 Å². The topological polar surface area (TPSA) is 135 Å². The molecule has 3 heterocycles. The molecule has 148 valence electrons. The number of carbonyl (C=O) groups is 1. The van der Waals surface area contributed by atoms with Crippen molar-refractivity contribution in [2.24, 2.45) is 0 Å². The summed E-state index contributed by atoms with van der Waals surface area (Å²) in [4.78, 5) is 28.2. The smallest absolute Gasteiger partial charge is 0.351 e. The van der Waals surface area contributed by atoms with Crippen LogP contribution in [0.4, 0.5) is 5.82 Å². The highest BCUT2D eigenvalue weighted by molar-refractivity contribution is 5.89. The number of fused-ring (bicyclic) bond motifs is 2. The second-order valence-corrected chi connectivity index (χ2v) is 6.60. The predicted octanol–water partition coefficient (Wildman–Crippen LogP) is -0.316. The van der Waals surface area contributed by atoms with E-state index in [1.807, 2.05) is 0 Å². The third-order valence-electron chi connectivity index (χ3n) is 4.76. The number of anilines is 1. The van der Waals surface area contributed by atoms with Crippen LogP contribution in [-0.2, 0) is 18.9 Å². The Labute approximate surface area is 159 Å². The van der Waals surface area contributed by atoms with Crippen LogP contribution < -0.4 is 11.4 Å². The molecule has 0 amide bonds. The van der Waals surface area contributed by atoms with Crippen LogP contribution in [0.2, 0.25) is 0 Å². The molecule has 4 rings (SSSR count). The Morgan fingerprint density at radius 2 is 2.14 bits per heavy atom. The van der Waals surface area contributed by atoms with E-state index in [4.69, 9.17) is 24.7 Å². The number of nitrogens with zero attached hydrogens (tertiary/aromatic N) is 2. The maximum Gasteiger partial charge on any atom is 0.351 e. The third-order valence-corrected chi connectivity index (χ3v) is 4.76. The van der Waals surface area contributed by atoms with Crippen molar-refractivity contribution in [3.05, 3.63) is 58.6 Å². The molecular weight excluding hydrogens is 370 g/mol. The minimum Gasteiger partial charge on any atom is -0.459 e. The Morgan fingerprint density at radius 1 is 1.36 bits per heavy atom. The summed E-state index contributed by atoms with van der Waals surface area (Å²) in [6, 6.07) is 9.87. The summed E-state index contributed by atoms with van der Waals surface area (Å²) >= 11 is 0. The van der Waals surface area contributed by atoms with Gasteiger partial charge in [-0.2, -0.15) is 4.98 Å². The van der Waals surface area contributed by atoms with E-state index in [9.17, 15) is 14.7 Å². The van der Waals surface area contributed by atoms with E-state index in [1.54, 1.807) is 30.3 Å². The fraction of sp³-hybridized carbons (Fsp3) is 0.389. The molecule has 1 aromatic carbocycles. The van der Waals surface area contributed by atoms with Gasteiger partial charge in [-0.15, -0.1) is 0 Å². The second kappa shape index (κ2) is 7.32. The van der Waals surface area contributed by atoms with Gasteiger partial charge in [0.25, 0.3) is 0 Å². The molecule has 2 fully saturated rings. The lowest BCUT2D eigenvalue weighted by Crippen LogP contribution is -2.49. The van der Waals surface area contributed by atoms with E-state index in [0.717, 1.165) is 0 Å².